The molecule has 1 atom stereocenters. The Morgan fingerprint density at radius 1 is 1.30 bits per heavy atom. The predicted octanol–water partition coefficient (Wildman–Crippen LogP) is 4.00. The molecule has 2 aromatic heterocycles. The molecule has 1 aliphatic heterocycles. The standard InChI is InChI=1S/C19H26N2OS/c1-2-22-16-19(8-5-18-4-3-13-23-18)9-12-21(15-19)14-17-6-10-20-11-7-17/h3-4,6-7,10-11,13H,2,5,8-9,12,14-16H2,1H3/t19-/m0/s1. The Kier molecular flexibility index (Phi) is 5.81. The molecule has 0 radical (unpaired) electrons. The van der Waals surface area contributed by atoms with Crippen molar-refractivity contribution < 1.29 is 4.74 Å². The minimum atomic E-state index is 0.313. The molecule has 1 aliphatic rings. The average molecular weight is 330 g/mol. The summed E-state index contributed by atoms with van der Waals surface area (Å²) in [4.78, 5) is 8.18. The van der Waals surface area contributed by atoms with Gasteiger partial charge in [0.1, 0.15) is 0 Å². The molecule has 0 spiro atoms. The summed E-state index contributed by atoms with van der Waals surface area (Å²) in [5.74, 6) is 0. The monoisotopic (exact) mass is 330 g/mol. The van der Waals surface area contributed by atoms with Crippen molar-refractivity contribution >= 4 is 11.3 Å². The fourth-order valence-electron chi connectivity index (χ4n) is 3.46. The van der Waals surface area contributed by atoms with Crippen LogP contribution in [0.4, 0.5) is 0 Å². The molecule has 3 heterocycles. The molecule has 0 amide bonds. The highest BCUT2D eigenvalue weighted by Crippen LogP contribution is 2.36. The first-order valence-electron chi connectivity index (χ1n) is 8.51. The third-order valence-electron chi connectivity index (χ3n) is 4.77. The average Bonchev–Trinajstić information content (AvgIpc) is 3.23. The van der Waals surface area contributed by atoms with E-state index in [2.05, 4.69) is 46.5 Å². The second-order valence-electron chi connectivity index (χ2n) is 6.53. The molecule has 23 heavy (non-hydrogen) atoms. The molecule has 0 bridgehead atoms. The summed E-state index contributed by atoms with van der Waals surface area (Å²) in [6.07, 6.45) is 7.41. The zero-order chi connectivity index (χ0) is 16.0. The highest BCUT2D eigenvalue weighted by Gasteiger charge is 2.37. The van der Waals surface area contributed by atoms with E-state index >= 15 is 0 Å². The second kappa shape index (κ2) is 8.04. The van der Waals surface area contributed by atoms with Gasteiger partial charge in [0.2, 0.25) is 0 Å². The van der Waals surface area contributed by atoms with Crippen LogP contribution in [0.3, 0.4) is 0 Å². The summed E-state index contributed by atoms with van der Waals surface area (Å²) in [7, 11) is 0. The molecule has 0 unspecified atom stereocenters. The number of aryl methyl sites for hydroxylation is 1. The third-order valence-corrected chi connectivity index (χ3v) is 5.70. The summed E-state index contributed by atoms with van der Waals surface area (Å²) in [5, 5.41) is 2.18. The SMILES string of the molecule is CCOC[C@@]1(CCc2cccs2)CCN(Cc2ccncc2)C1. The smallest absolute Gasteiger partial charge is 0.0535 e. The van der Waals surface area contributed by atoms with Crippen LogP contribution < -0.4 is 0 Å². The highest BCUT2D eigenvalue weighted by molar-refractivity contribution is 7.09. The quantitative estimate of drug-likeness (QED) is 0.731. The lowest BCUT2D eigenvalue weighted by molar-refractivity contribution is 0.0490. The molecule has 0 saturated carbocycles. The number of ether oxygens (including phenoxy) is 1. The van der Waals surface area contributed by atoms with Crippen molar-refractivity contribution in [3.63, 3.8) is 0 Å². The molecule has 2 aromatic rings. The van der Waals surface area contributed by atoms with E-state index in [9.17, 15) is 0 Å². The summed E-state index contributed by atoms with van der Waals surface area (Å²) < 4.78 is 5.86. The van der Waals surface area contributed by atoms with Crippen LogP contribution >= 0.6 is 11.3 Å². The van der Waals surface area contributed by atoms with Gasteiger partial charge in [0.15, 0.2) is 0 Å². The van der Waals surface area contributed by atoms with Gasteiger partial charge in [-0.2, -0.15) is 0 Å². The number of pyridine rings is 1. The zero-order valence-corrected chi connectivity index (χ0v) is 14.7. The van der Waals surface area contributed by atoms with Gasteiger partial charge >= 0.3 is 0 Å². The van der Waals surface area contributed by atoms with Gasteiger partial charge in [0, 0.05) is 42.4 Å². The lowest BCUT2D eigenvalue weighted by Crippen LogP contribution is -2.32. The van der Waals surface area contributed by atoms with E-state index in [1.54, 1.807) is 0 Å². The van der Waals surface area contributed by atoms with Gasteiger partial charge < -0.3 is 4.74 Å². The minimum Gasteiger partial charge on any atom is -0.381 e. The first-order chi connectivity index (χ1) is 11.3. The van der Waals surface area contributed by atoms with Crippen molar-refractivity contribution in [2.75, 3.05) is 26.3 Å². The van der Waals surface area contributed by atoms with Gasteiger partial charge in [0.25, 0.3) is 0 Å². The normalized spacial score (nSPS) is 21.8. The summed E-state index contributed by atoms with van der Waals surface area (Å²) in [6, 6.07) is 8.64. The lowest BCUT2D eigenvalue weighted by Gasteiger charge is -2.29. The molecule has 4 heteroatoms. The van der Waals surface area contributed by atoms with Crippen LogP contribution in [0.2, 0.25) is 0 Å². The van der Waals surface area contributed by atoms with E-state index in [0.29, 0.717) is 5.41 Å². The molecule has 124 valence electrons. The number of hydrogen-bond acceptors (Lipinski definition) is 4. The van der Waals surface area contributed by atoms with Gasteiger partial charge in [-0.1, -0.05) is 6.07 Å². The number of rotatable bonds is 8. The van der Waals surface area contributed by atoms with Crippen molar-refractivity contribution in [3.05, 3.63) is 52.5 Å². The molecule has 0 N–H and O–H groups in total. The van der Waals surface area contributed by atoms with Crippen molar-refractivity contribution in [1.82, 2.24) is 9.88 Å². The Hall–Kier alpha value is -1.23. The minimum absolute atomic E-state index is 0.313. The van der Waals surface area contributed by atoms with E-state index in [4.69, 9.17) is 4.74 Å². The number of thiophene rings is 1. The maximum atomic E-state index is 5.86. The lowest BCUT2D eigenvalue weighted by atomic mass is 9.83. The van der Waals surface area contributed by atoms with Crippen molar-refractivity contribution in [1.29, 1.82) is 0 Å². The van der Waals surface area contributed by atoms with Crippen molar-refractivity contribution in [2.24, 2.45) is 5.41 Å². The number of aromatic nitrogens is 1. The van der Waals surface area contributed by atoms with E-state index in [1.165, 1.54) is 36.2 Å². The van der Waals surface area contributed by atoms with Crippen LogP contribution in [0, 0.1) is 5.41 Å². The van der Waals surface area contributed by atoms with Crippen molar-refractivity contribution in [3.8, 4) is 0 Å². The Labute approximate surface area is 143 Å². The molecule has 3 nitrogen and oxygen atoms in total. The Bertz CT molecular complexity index is 572. The van der Waals surface area contributed by atoms with Crippen LogP contribution in [-0.2, 0) is 17.7 Å². The number of nitrogens with zero attached hydrogens (tertiary/aromatic N) is 2. The highest BCUT2D eigenvalue weighted by atomic mass is 32.1. The summed E-state index contributed by atoms with van der Waals surface area (Å²) in [6.45, 7) is 7.12. The van der Waals surface area contributed by atoms with Crippen LogP contribution in [0.1, 0.15) is 30.2 Å². The van der Waals surface area contributed by atoms with Crippen LogP contribution in [0.5, 0.6) is 0 Å². The maximum Gasteiger partial charge on any atom is 0.0535 e. The zero-order valence-electron chi connectivity index (χ0n) is 13.9. The molecule has 1 fully saturated rings. The summed E-state index contributed by atoms with van der Waals surface area (Å²) in [5.41, 5.74) is 1.66. The van der Waals surface area contributed by atoms with E-state index in [0.717, 1.165) is 26.3 Å². The second-order valence-corrected chi connectivity index (χ2v) is 7.56. The van der Waals surface area contributed by atoms with Crippen LogP contribution in [0.25, 0.3) is 0 Å². The fraction of sp³-hybridized carbons (Fsp3) is 0.526. The molecule has 0 aliphatic carbocycles. The largest absolute Gasteiger partial charge is 0.381 e. The van der Waals surface area contributed by atoms with Gasteiger partial charge in [-0.25, -0.2) is 0 Å². The topological polar surface area (TPSA) is 25.4 Å². The molecular formula is C19H26N2OS. The first-order valence-corrected chi connectivity index (χ1v) is 9.39. The first kappa shape index (κ1) is 16.6. The molecule has 3 rings (SSSR count). The van der Waals surface area contributed by atoms with Gasteiger partial charge in [-0.15, -0.1) is 11.3 Å². The molecule has 1 saturated heterocycles. The van der Waals surface area contributed by atoms with Gasteiger partial charge in [-0.3, -0.25) is 9.88 Å². The molecule has 0 aromatic carbocycles. The Balaban J connectivity index is 1.60. The Morgan fingerprint density at radius 2 is 2.17 bits per heavy atom. The third kappa shape index (κ3) is 4.63. The number of hydrogen-bond donors (Lipinski definition) is 0. The van der Waals surface area contributed by atoms with E-state index < -0.39 is 0 Å². The maximum absolute atomic E-state index is 5.86. The molecular weight excluding hydrogens is 304 g/mol. The fourth-order valence-corrected chi connectivity index (χ4v) is 4.17. The number of likely N-dealkylation sites (tertiary alicyclic amines) is 1. The van der Waals surface area contributed by atoms with E-state index in [-0.39, 0.29) is 0 Å². The summed E-state index contributed by atoms with van der Waals surface area (Å²) >= 11 is 1.87. The Morgan fingerprint density at radius 3 is 2.91 bits per heavy atom. The van der Waals surface area contributed by atoms with E-state index in [1.807, 2.05) is 23.7 Å². The van der Waals surface area contributed by atoms with Crippen LogP contribution in [0.15, 0.2) is 42.0 Å². The van der Waals surface area contributed by atoms with Crippen molar-refractivity contribution in [2.45, 2.75) is 32.7 Å². The van der Waals surface area contributed by atoms with Crippen LogP contribution in [-0.4, -0.2) is 36.2 Å². The predicted molar refractivity (Wildman–Crippen MR) is 95.7 cm³/mol. The van der Waals surface area contributed by atoms with Gasteiger partial charge in [-0.05, 0) is 61.9 Å². The van der Waals surface area contributed by atoms with Gasteiger partial charge in [0.05, 0.1) is 6.61 Å².